The normalized spacial score (nSPS) is 13.9. The lowest BCUT2D eigenvalue weighted by atomic mass is 9.89. The zero-order valence-electron chi connectivity index (χ0n) is 11.1. The van der Waals surface area contributed by atoms with Gasteiger partial charge in [0.05, 0.1) is 12.7 Å². The van der Waals surface area contributed by atoms with Gasteiger partial charge in [-0.15, -0.1) is 0 Å². The van der Waals surface area contributed by atoms with E-state index in [0.717, 1.165) is 16.9 Å². The van der Waals surface area contributed by atoms with E-state index in [-0.39, 0.29) is 0 Å². The van der Waals surface area contributed by atoms with Crippen molar-refractivity contribution in [1.82, 2.24) is 0 Å². The number of benzene rings is 2. The van der Waals surface area contributed by atoms with Gasteiger partial charge in [-0.25, -0.2) is 0 Å². The zero-order valence-corrected chi connectivity index (χ0v) is 13.2. The molecule has 2 nitrogen and oxygen atoms in total. The Morgan fingerprint density at radius 1 is 1.16 bits per heavy atom. The van der Waals surface area contributed by atoms with E-state index in [0.29, 0.717) is 6.42 Å². The van der Waals surface area contributed by atoms with Crippen LogP contribution in [0.4, 0.5) is 0 Å². The first-order valence-corrected chi connectivity index (χ1v) is 7.20. The van der Waals surface area contributed by atoms with E-state index in [1.807, 2.05) is 55.5 Å². The van der Waals surface area contributed by atoms with Gasteiger partial charge in [0.2, 0.25) is 0 Å². The van der Waals surface area contributed by atoms with E-state index in [1.165, 1.54) is 3.57 Å². The largest absolute Gasteiger partial charge is 0.497 e. The number of halogens is 1. The second-order valence-corrected chi connectivity index (χ2v) is 6.05. The molecule has 1 unspecified atom stereocenters. The van der Waals surface area contributed by atoms with Gasteiger partial charge in [0.1, 0.15) is 5.75 Å². The van der Waals surface area contributed by atoms with Crippen LogP contribution < -0.4 is 4.74 Å². The molecule has 19 heavy (non-hydrogen) atoms. The van der Waals surface area contributed by atoms with Gasteiger partial charge >= 0.3 is 0 Å². The highest BCUT2D eigenvalue weighted by molar-refractivity contribution is 14.1. The van der Waals surface area contributed by atoms with Gasteiger partial charge in [0.15, 0.2) is 0 Å². The molecule has 0 aliphatic rings. The van der Waals surface area contributed by atoms with E-state index >= 15 is 0 Å². The molecule has 0 aliphatic heterocycles. The van der Waals surface area contributed by atoms with Gasteiger partial charge in [0.25, 0.3) is 0 Å². The number of rotatable bonds is 4. The maximum Gasteiger partial charge on any atom is 0.119 e. The second-order valence-electron chi connectivity index (χ2n) is 4.81. The van der Waals surface area contributed by atoms with Crippen molar-refractivity contribution in [3.05, 3.63) is 63.2 Å². The first kappa shape index (κ1) is 14.3. The Kier molecular flexibility index (Phi) is 4.47. The molecule has 3 heteroatoms. The predicted molar refractivity (Wildman–Crippen MR) is 85.4 cm³/mol. The summed E-state index contributed by atoms with van der Waals surface area (Å²) in [6, 6.07) is 15.8. The number of ether oxygens (including phenoxy) is 1. The van der Waals surface area contributed by atoms with E-state index in [2.05, 4.69) is 22.6 Å². The Bertz CT molecular complexity index is 547. The molecule has 0 radical (unpaired) electrons. The van der Waals surface area contributed by atoms with Crippen LogP contribution >= 0.6 is 22.6 Å². The summed E-state index contributed by atoms with van der Waals surface area (Å²) in [5.74, 6) is 0.816. The van der Waals surface area contributed by atoms with Crippen molar-refractivity contribution in [3.8, 4) is 5.75 Å². The van der Waals surface area contributed by atoms with Crippen molar-refractivity contribution >= 4 is 22.6 Å². The van der Waals surface area contributed by atoms with Crippen LogP contribution in [0.15, 0.2) is 48.5 Å². The molecular formula is C16H17IO2. The lowest BCUT2D eigenvalue weighted by Gasteiger charge is -2.24. The Labute approximate surface area is 127 Å². The highest BCUT2D eigenvalue weighted by Crippen LogP contribution is 2.27. The van der Waals surface area contributed by atoms with E-state index in [1.54, 1.807) is 7.11 Å². The monoisotopic (exact) mass is 368 g/mol. The van der Waals surface area contributed by atoms with Crippen LogP contribution in [-0.4, -0.2) is 12.2 Å². The lowest BCUT2D eigenvalue weighted by Crippen LogP contribution is -2.24. The molecule has 2 aromatic rings. The van der Waals surface area contributed by atoms with Crippen molar-refractivity contribution in [2.24, 2.45) is 0 Å². The van der Waals surface area contributed by atoms with Crippen LogP contribution in [0.25, 0.3) is 0 Å². The fraction of sp³-hybridized carbons (Fsp3) is 0.250. The topological polar surface area (TPSA) is 29.5 Å². The molecule has 0 fully saturated rings. The SMILES string of the molecule is COc1cccc(CC(C)(O)c2ccc(I)cc2)c1. The van der Waals surface area contributed by atoms with E-state index in [4.69, 9.17) is 4.74 Å². The van der Waals surface area contributed by atoms with E-state index < -0.39 is 5.60 Å². The minimum atomic E-state index is -0.878. The van der Waals surface area contributed by atoms with Crippen LogP contribution in [0.3, 0.4) is 0 Å². The summed E-state index contributed by atoms with van der Waals surface area (Å²) in [6.45, 7) is 1.84. The van der Waals surface area contributed by atoms with Crippen LogP contribution in [0.5, 0.6) is 5.75 Å². The molecule has 0 aliphatic carbocycles. The Balaban J connectivity index is 2.22. The average Bonchev–Trinajstić information content (AvgIpc) is 2.39. The highest BCUT2D eigenvalue weighted by atomic mass is 127. The third-order valence-electron chi connectivity index (χ3n) is 3.15. The standard InChI is InChI=1S/C16H17IO2/c1-16(18,13-6-8-14(17)9-7-13)11-12-4-3-5-15(10-12)19-2/h3-10,18H,11H2,1-2H3. The number of aliphatic hydroxyl groups is 1. The molecule has 1 N–H and O–H groups in total. The number of hydrogen-bond donors (Lipinski definition) is 1. The smallest absolute Gasteiger partial charge is 0.119 e. The molecule has 0 saturated heterocycles. The molecule has 1 atom stereocenters. The molecule has 0 aromatic heterocycles. The van der Waals surface area contributed by atoms with Crippen LogP contribution in [0, 0.1) is 3.57 Å². The summed E-state index contributed by atoms with van der Waals surface area (Å²) in [7, 11) is 1.65. The third kappa shape index (κ3) is 3.70. The van der Waals surface area contributed by atoms with Crippen LogP contribution in [-0.2, 0) is 12.0 Å². The summed E-state index contributed by atoms with van der Waals surface area (Å²) in [5, 5.41) is 10.7. The van der Waals surface area contributed by atoms with E-state index in [9.17, 15) is 5.11 Å². The summed E-state index contributed by atoms with van der Waals surface area (Å²) in [4.78, 5) is 0. The van der Waals surface area contributed by atoms with Gasteiger partial charge in [-0.3, -0.25) is 0 Å². The molecule has 0 heterocycles. The molecule has 100 valence electrons. The van der Waals surface area contributed by atoms with Crippen molar-refractivity contribution in [2.75, 3.05) is 7.11 Å². The molecule has 2 rings (SSSR count). The lowest BCUT2D eigenvalue weighted by molar-refractivity contribution is 0.0576. The quantitative estimate of drug-likeness (QED) is 0.833. The molecule has 0 amide bonds. The second kappa shape index (κ2) is 5.92. The third-order valence-corrected chi connectivity index (χ3v) is 3.87. The summed E-state index contributed by atoms with van der Waals surface area (Å²) in [6.07, 6.45) is 0.560. The van der Waals surface area contributed by atoms with Crippen molar-refractivity contribution < 1.29 is 9.84 Å². The molecule has 0 saturated carbocycles. The minimum Gasteiger partial charge on any atom is -0.497 e. The maximum absolute atomic E-state index is 10.7. The fourth-order valence-corrected chi connectivity index (χ4v) is 2.45. The van der Waals surface area contributed by atoms with Crippen LogP contribution in [0.2, 0.25) is 0 Å². The Hall–Kier alpha value is -1.07. The Morgan fingerprint density at radius 3 is 2.47 bits per heavy atom. The van der Waals surface area contributed by atoms with Crippen molar-refractivity contribution in [3.63, 3.8) is 0 Å². The van der Waals surface area contributed by atoms with Gasteiger partial charge in [-0.1, -0.05) is 24.3 Å². The maximum atomic E-state index is 10.7. The first-order chi connectivity index (χ1) is 9.01. The molecule has 2 aromatic carbocycles. The van der Waals surface area contributed by atoms with Crippen molar-refractivity contribution in [2.45, 2.75) is 18.9 Å². The van der Waals surface area contributed by atoms with Crippen LogP contribution in [0.1, 0.15) is 18.1 Å². The Morgan fingerprint density at radius 2 is 1.84 bits per heavy atom. The predicted octanol–water partition coefficient (Wildman–Crippen LogP) is 3.75. The zero-order chi connectivity index (χ0) is 13.9. The van der Waals surface area contributed by atoms with Crippen molar-refractivity contribution in [1.29, 1.82) is 0 Å². The highest BCUT2D eigenvalue weighted by Gasteiger charge is 2.23. The number of hydrogen-bond acceptors (Lipinski definition) is 2. The fourth-order valence-electron chi connectivity index (χ4n) is 2.09. The van der Waals surface area contributed by atoms with Gasteiger partial charge in [-0.05, 0) is 64.9 Å². The molecule has 0 spiro atoms. The van der Waals surface area contributed by atoms with Gasteiger partial charge in [-0.2, -0.15) is 0 Å². The average molecular weight is 368 g/mol. The minimum absolute atomic E-state index is 0.560. The number of methoxy groups -OCH3 is 1. The molecular weight excluding hydrogens is 351 g/mol. The van der Waals surface area contributed by atoms with Gasteiger partial charge < -0.3 is 9.84 Å². The summed E-state index contributed by atoms with van der Waals surface area (Å²) in [5.41, 5.74) is 1.11. The summed E-state index contributed by atoms with van der Waals surface area (Å²) < 4.78 is 6.37. The first-order valence-electron chi connectivity index (χ1n) is 6.12. The van der Waals surface area contributed by atoms with Gasteiger partial charge in [0, 0.05) is 9.99 Å². The molecule has 0 bridgehead atoms. The summed E-state index contributed by atoms with van der Waals surface area (Å²) >= 11 is 2.26.